The molecule has 2 aromatic rings. The van der Waals surface area contributed by atoms with Crippen LogP contribution < -0.4 is 5.32 Å². The Morgan fingerprint density at radius 2 is 1.98 bits per heavy atom. The van der Waals surface area contributed by atoms with Crippen molar-refractivity contribution >= 4 is 34.7 Å². The molecule has 41 heavy (non-hydrogen) atoms. The van der Waals surface area contributed by atoms with Gasteiger partial charge in [0.05, 0.1) is 30.7 Å². The molecule has 0 aliphatic carbocycles. The van der Waals surface area contributed by atoms with Crippen LogP contribution in [0, 0.1) is 11.8 Å². The second-order valence-corrected chi connectivity index (χ2v) is 10.8. The van der Waals surface area contributed by atoms with Gasteiger partial charge in [0.25, 0.3) is 5.91 Å². The highest BCUT2D eigenvalue weighted by atomic mass is 16.6. The molecule has 13 nitrogen and oxygen atoms in total. The van der Waals surface area contributed by atoms with Crippen molar-refractivity contribution in [2.45, 2.75) is 50.3 Å². The molecule has 0 saturated carbocycles. The number of ether oxygens (including phenoxy) is 2. The number of para-hydroxylation sites is 1. The van der Waals surface area contributed by atoms with Gasteiger partial charge in [0.15, 0.2) is 0 Å². The van der Waals surface area contributed by atoms with Gasteiger partial charge in [-0.25, -0.2) is 4.68 Å². The number of carbonyl (C=O) groups is 4. The third-order valence-electron chi connectivity index (χ3n) is 8.19. The van der Waals surface area contributed by atoms with E-state index in [1.54, 1.807) is 29.8 Å². The third-order valence-corrected chi connectivity index (χ3v) is 8.19. The number of fused-ring (bicyclic) bond motifs is 3. The molecular formula is C28H32N6O7. The van der Waals surface area contributed by atoms with Gasteiger partial charge in [-0.05, 0) is 25.5 Å². The van der Waals surface area contributed by atoms with Gasteiger partial charge in [0.2, 0.25) is 11.8 Å². The van der Waals surface area contributed by atoms with Crippen molar-refractivity contribution in [1.29, 1.82) is 0 Å². The van der Waals surface area contributed by atoms with Gasteiger partial charge in [-0.15, -0.1) is 5.10 Å². The number of β-amino-alcohol motifs (C(OH)–C–C–N with tert-alkyl or cyclic N) is 1. The van der Waals surface area contributed by atoms with Crippen molar-refractivity contribution in [3.05, 3.63) is 48.6 Å². The lowest BCUT2D eigenvalue weighted by Gasteiger charge is -2.35. The second kappa shape index (κ2) is 10.7. The Bertz CT molecular complexity index is 1440. The van der Waals surface area contributed by atoms with E-state index in [0.717, 1.165) is 5.52 Å². The van der Waals surface area contributed by atoms with Crippen LogP contribution in [0.2, 0.25) is 0 Å². The predicted molar refractivity (Wildman–Crippen MR) is 142 cm³/mol. The maximum Gasteiger partial charge on any atom is 0.313 e. The van der Waals surface area contributed by atoms with Crippen LogP contribution in [0.5, 0.6) is 0 Å². The van der Waals surface area contributed by atoms with E-state index in [1.165, 1.54) is 9.80 Å². The number of likely N-dealkylation sites (tertiary alicyclic amines) is 1. The number of allylic oxidation sites excluding steroid dienone is 1. The maximum absolute atomic E-state index is 14.5. The molecule has 5 heterocycles. The topological polar surface area (TPSA) is 156 Å². The van der Waals surface area contributed by atoms with Crippen molar-refractivity contribution < 1.29 is 33.8 Å². The lowest BCUT2D eigenvalue weighted by atomic mass is 9.74. The average molecular weight is 565 g/mol. The highest BCUT2D eigenvalue weighted by Gasteiger charge is 2.73. The summed E-state index contributed by atoms with van der Waals surface area (Å²) in [7, 11) is 0. The van der Waals surface area contributed by atoms with E-state index in [1.807, 2.05) is 30.3 Å². The number of carbonyl (C=O) groups excluding carboxylic acids is 4. The molecule has 4 aliphatic heterocycles. The molecule has 2 saturated heterocycles. The number of cyclic esters (lactones) is 1. The number of aliphatic hydroxyl groups is 1. The molecule has 1 aromatic carbocycles. The van der Waals surface area contributed by atoms with Crippen molar-refractivity contribution in [2.75, 3.05) is 26.2 Å². The highest BCUT2D eigenvalue weighted by Crippen LogP contribution is 2.55. The van der Waals surface area contributed by atoms with E-state index < -0.39 is 53.5 Å². The standard InChI is InChI=1S/C28H32N6O7/c1-17-15-29-21(36)9-3-2-6-12-32(16-34-19-8-5-4-7-18(19)30-31-34)26(38)24-28-11-10-20(41-28)22(27(39)40-17)23(28)25(37)33(24)13-14-35/h2,4-8,10-11,17,20,22-24,35H,3,9,12-16H2,1H3,(H,29,36)/b6-2-/t17-,20+,22-,23-,24+,28-/m1/s1. The molecule has 6 atom stereocenters. The summed E-state index contributed by atoms with van der Waals surface area (Å²) in [6, 6.07) is 6.25. The lowest BCUT2D eigenvalue weighted by Crippen LogP contribution is -2.56. The van der Waals surface area contributed by atoms with E-state index in [4.69, 9.17) is 9.47 Å². The number of aromatic nitrogens is 3. The normalized spacial score (nSPS) is 32.9. The quantitative estimate of drug-likeness (QED) is 0.378. The fourth-order valence-corrected chi connectivity index (χ4v) is 6.34. The zero-order valence-electron chi connectivity index (χ0n) is 22.6. The number of amides is 3. The zero-order chi connectivity index (χ0) is 28.7. The Kier molecular flexibility index (Phi) is 7.08. The van der Waals surface area contributed by atoms with Gasteiger partial charge in [-0.2, -0.15) is 0 Å². The molecule has 2 N–H and O–H groups in total. The number of aliphatic hydroxyl groups excluding tert-OH is 1. The number of nitrogens with zero attached hydrogens (tertiary/aromatic N) is 5. The Morgan fingerprint density at radius 1 is 1.15 bits per heavy atom. The summed E-state index contributed by atoms with van der Waals surface area (Å²) in [5.41, 5.74) is 0.00000559. The van der Waals surface area contributed by atoms with Gasteiger partial charge in [-0.3, -0.25) is 19.2 Å². The minimum atomic E-state index is -1.39. The first-order chi connectivity index (χ1) is 19.8. The zero-order valence-corrected chi connectivity index (χ0v) is 22.6. The minimum absolute atomic E-state index is 0.0265. The number of nitrogens with one attached hydrogen (secondary N) is 1. The number of hydrogen-bond acceptors (Lipinski definition) is 9. The molecule has 5 bridgehead atoms. The largest absolute Gasteiger partial charge is 0.460 e. The molecule has 1 spiro atoms. The number of benzene rings is 1. The maximum atomic E-state index is 14.5. The van der Waals surface area contributed by atoms with Crippen LogP contribution in [0.25, 0.3) is 11.0 Å². The van der Waals surface area contributed by atoms with Crippen LogP contribution in [-0.2, 0) is 35.3 Å². The minimum Gasteiger partial charge on any atom is -0.460 e. The van der Waals surface area contributed by atoms with Crippen LogP contribution in [-0.4, -0.2) is 104 Å². The van der Waals surface area contributed by atoms with Gasteiger partial charge < -0.3 is 29.7 Å². The fraction of sp³-hybridized carbons (Fsp3) is 0.500. The first-order valence-corrected chi connectivity index (χ1v) is 13.8. The summed E-state index contributed by atoms with van der Waals surface area (Å²) in [6.07, 6.45) is 6.33. The van der Waals surface area contributed by atoms with Gasteiger partial charge in [0.1, 0.15) is 35.9 Å². The van der Waals surface area contributed by atoms with Crippen LogP contribution >= 0.6 is 0 Å². The molecule has 6 rings (SSSR count). The Labute approximate surface area is 235 Å². The smallest absolute Gasteiger partial charge is 0.313 e. The molecular weight excluding hydrogens is 532 g/mol. The highest BCUT2D eigenvalue weighted by molar-refractivity contribution is 5.99. The Balaban J connectivity index is 1.40. The third kappa shape index (κ3) is 4.58. The first-order valence-electron chi connectivity index (χ1n) is 13.8. The summed E-state index contributed by atoms with van der Waals surface area (Å²) >= 11 is 0. The molecule has 13 heteroatoms. The summed E-state index contributed by atoms with van der Waals surface area (Å²) in [4.78, 5) is 56.9. The molecule has 0 radical (unpaired) electrons. The number of esters is 1. The van der Waals surface area contributed by atoms with Crippen LogP contribution in [0.15, 0.2) is 48.6 Å². The predicted octanol–water partition coefficient (Wildman–Crippen LogP) is -0.242. The summed E-state index contributed by atoms with van der Waals surface area (Å²) in [5.74, 6) is -3.65. The summed E-state index contributed by atoms with van der Waals surface area (Å²) in [5, 5.41) is 21.1. The van der Waals surface area contributed by atoms with Gasteiger partial charge in [0, 0.05) is 19.5 Å². The summed E-state index contributed by atoms with van der Waals surface area (Å²) < 4.78 is 13.6. The van der Waals surface area contributed by atoms with E-state index in [9.17, 15) is 24.3 Å². The van der Waals surface area contributed by atoms with Gasteiger partial charge >= 0.3 is 5.97 Å². The molecule has 2 fully saturated rings. The van der Waals surface area contributed by atoms with Crippen LogP contribution in [0.4, 0.5) is 0 Å². The SMILES string of the molecule is C[C@@H]1CNC(=O)CC/C=C\CN(Cn2nnc3ccccc32)C(=O)[C@@H]2N(CCO)C(=O)[C@H]3[C@H](C(=O)O1)[C@@H]1C=C[C@]23O1. The van der Waals surface area contributed by atoms with Crippen molar-refractivity contribution in [2.24, 2.45) is 11.8 Å². The molecule has 1 aromatic heterocycles. The van der Waals surface area contributed by atoms with E-state index in [-0.39, 0.29) is 45.2 Å². The Hall–Kier alpha value is -4.10. The van der Waals surface area contributed by atoms with E-state index >= 15 is 0 Å². The molecule has 3 amide bonds. The molecule has 4 aliphatic rings. The number of rotatable bonds is 4. The fourth-order valence-electron chi connectivity index (χ4n) is 6.34. The lowest BCUT2D eigenvalue weighted by molar-refractivity contribution is -0.158. The van der Waals surface area contributed by atoms with Crippen molar-refractivity contribution in [3.63, 3.8) is 0 Å². The van der Waals surface area contributed by atoms with Crippen molar-refractivity contribution in [3.8, 4) is 0 Å². The van der Waals surface area contributed by atoms with Crippen LogP contribution in [0.3, 0.4) is 0 Å². The van der Waals surface area contributed by atoms with Crippen LogP contribution in [0.1, 0.15) is 19.8 Å². The van der Waals surface area contributed by atoms with Gasteiger partial charge in [-0.1, -0.05) is 41.7 Å². The number of hydrogen-bond donors (Lipinski definition) is 2. The first kappa shape index (κ1) is 27.1. The van der Waals surface area contributed by atoms with E-state index in [2.05, 4.69) is 15.6 Å². The average Bonchev–Trinajstić information content (AvgIpc) is 3.70. The monoisotopic (exact) mass is 564 g/mol. The molecule has 216 valence electrons. The summed E-state index contributed by atoms with van der Waals surface area (Å²) in [6.45, 7) is 1.50. The van der Waals surface area contributed by atoms with Crippen molar-refractivity contribution in [1.82, 2.24) is 30.1 Å². The second-order valence-electron chi connectivity index (χ2n) is 10.8. The molecule has 0 unspecified atom stereocenters. The Morgan fingerprint density at radius 3 is 2.80 bits per heavy atom. The van der Waals surface area contributed by atoms with E-state index in [0.29, 0.717) is 11.9 Å².